The molecule has 0 aliphatic heterocycles. The van der Waals surface area contributed by atoms with Crippen molar-refractivity contribution in [3.05, 3.63) is 11.7 Å². The van der Waals surface area contributed by atoms with Crippen molar-refractivity contribution in [1.82, 2.24) is 10.1 Å². The van der Waals surface area contributed by atoms with E-state index in [0.717, 1.165) is 19.3 Å². The third-order valence-electron chi connectivity index (χ3n) is 2.54. The first kappa shape index (κ1) is 13.1. The molecule has 2 N–H and O–H groups in total. The predicted molar refractivity (Wildman–Crippen MR) is 60.9 cm³/mol. The average Bonchev–Trinajstić information content (AvgIpc) is 2.74. The van der Waals surface area contributed by atoms with Gasteiger partial charge in [0.05, 0.1) is 12.1 Å². The van der Waals surface area contributed by atoms with Crippen LogP contribution >= 0.6 is 0 Å². The van der Waals surface area contributed by atoms with Gasteiger partial charge in [-0.05, 0) is 13.3 Å². The van der Waals surface area contributed by atoms with E-state index in [1.807, 2.05) is 6.92 Å². The quantitative estimate of drug-likeness (QED) is 0.769. The Morgan fingerprint density at radius 1 is 1.50 bits per heavy atom. The molecule has 0 fully saturated rings. The summed E-state index contributed by atoms with van der Waals surface area (Å²) < 4.78 is 10.3. The lowest BCUT2D eigenvalue weighted by atomic mass is 10.1. The number of hydrogen-bond acceptors (Lipinski definition) is 5. The van der Waals surface area contributed by atoms with Gasteiger partial charge in [-0.3, -0.25) is 0 Å². The molecule has 1 heterocycles. The highest BCUT2D eigenvalue weighted by Gasteiger charge is 2.15. The zero-order valence-corrected chi connectivity index (χ0v) is 10.3. The minimum atomic E-state index is -0.140. The molecule has 0 saturated carbocycles. The van der Waals surface area contributed by atoms with Gasteiger partial charge >= 0.3 is 0 Å². The summed E-state index contributed by atoms with van der Waals surface area (Å²) in [6, 6.07) is -0.140. The second-order valence-corrected chi connectivity index (χ2v) is 4.05. The lowest BCUT2D eigenvalue weighted by molar-refractivity contribution is 0.116. The number of nitrogens with zero attached hydrogens (tertiary/aromatic N) is 2. The smallest absolute Gasteiger partial charge is 0.243 e. The maximum Gasteiger partial charge on any atom is 0.243 e. The summed E-state index contributed by atoms with van der Waals surface area (Å²) in [5.41, 5.74) is 5.93. The van der Waals surface area contributed by atoms with Crippen LogP contribution in [0.1, 0.15) is 50.9 Å². The van der Waals surface area contributed by atoms with Crippen LogP contribution < -0.4 is 5.73 Å². The molecule has 0 aromatic carbocycles. The van der Waals surface area contributed by atoms with E-state index in [9.17, 15) is 0 Å². The van der Waals surface area contributed by atoms with Gasteiger partial charge in [0.2, 0.25) is 5.89 Å². The zero-order chi connectivity index (χ0) is 12.0. The largest absolute Gasteiger partial charge is 0.381 e. The first-order valence-electron chi connectivity index (χ1n) is 5.78. The lowest BCUT2D eigenvalue weighted by Gasteiger charge is -2.05. The molecule has 0 bridgehead atoms. The Morgan fingerprint density at radius 3 is 2.88 bits per heavy atom. The van der Waals surface area contributed by atoms with E-state index in [-0.39, 0.29) is 12.1 Å². The normalized spacial score (nSPS) is 15.0. The molecular formula is C11H21N3O2. The molecule has 92 valence electrons. The zero-order valence-electron chi connectivity index (χ0n) is 10.3. The molecule has 2 atom stereocenters. The van der Waals surface area contributed by atoms with Crippen LogP contribution in [0, 0.1) is 0 Å². The second kappa shape index (κ2) is 6.60. The molecule has 1 unspecified atom stereocenters. The minimum Gasteiger partial charge on any atom is -0.381 e. The van der Waals surface area contributed by atoms with Crippen LogP contribution in [-0.4, -0.2) is 23.4 Å². The Labute approximate surface area is 96.4 Å². The Bertz CT molecular complexity index is 301. The summed E-state index contributed by atoms with van der Waals surface area (Å²) in [5, 5.41) is 3.89. The van der Waals surface area contributed by atoms with E-state index in [1.54, 1.807) is 7.11 Å². The fourth-order valence-electron chi connectivity index (χ4n) is 1.39. The monoisotopic (exact) mass is 227 g/mol. The molecule has 1 aromatic heterocycles. The van der Waals surface area contributed by atoms with Crippen LogP contribution in [-0.2, 0) is 11.2 Å². The maximum atomic E-state index is 5.93. The molecule has 16 heavy (non-hydrogen) atoms. The standard InChI is InChI=1S/C11H21N3O2/c1-4-5-6-9(12)11-13-10(14-16-11)7-8(2)15-3/h8-9H,4-7,12H2,1-3H3/t8?,9-/m0/s1. The molecule has 1 rings (SSSR count). The van der Waals surface area contributed by atoms with Crippen LogP contribution in [0.3, 0.4) is 0 Å². The molecule has 0 aliphatic rings. The van der Waals surface area contributed by atoms with Gasteiger partial charge in [0, 0.05) is 13.5 Å². The Hall–Kier alpha value is -0.940. The number of unbranched alkanes of at least 4 members (excludes halogenated alkanes) is 1. The molecule has 5 nitrogen and oxygen atoms in total. The first-order valence-corrected chi connectivity index (χ1v) is 5.78. The fourth-order valence-corrected chi connectivity index (χ4v) is 1.39. The van der Waals surface area contributed by atoms with Crippen molar-refractivity contribution in [3.8, 4) is 0 Å². The Balaban J connectivity index is 2.50. The van der Waals surface area contributed by atoms with Gasteiger partial charge < -0.3 is 15.0 Å². The van der Waals surface area contributed by atoms with E-state index in [1.165, 1.54) is 0 Å². The average molecular weight is 227 g/mol. The molecule has 0 saturated heterocycles. The van der Waals surface area contributed by atoms with Crippen molar-refractivity contribution >= 4 is 0 Å². The van der Waals surface area contributed by atoms with Crippen LogP contribution in [0.2, 0.25) is 0 Å². The molecular weight excluding hydrogens is 206 g/mol. The number of rotatable bonds is 7. The second-order valence-electron chi connectivity index (χ2n) is 4.05. The van der Waals surface area contributed by atoms with Gasteiger partial charge in [0.1, 0.15) is 0 Å². The minimum absolute atomic E-state index is 0.0947. The maximum absolute atomic E-state index is 5.93. The molecule has 1 aromatic rings. The summed E-state index contributed by atoms with van der Waals surface area (Å²) in [5.74, 6) is 1.20. The Kier molecular flexibility index (Phi) is 5.42. The SMILES string of the molecule is CCCC[C@H](N)c1nc(CC(C)OC)no1. The summed E-state index contributed by atoms with van der Waals surface area (Å²) >= 11 is 0. The highest BCUT2D eigenvalue weighted by Crippen LogP contribution is 2.15. The van der Waals surface area contributed by atoms with Crippen molar-refractivity contribution < 1.29 is 9.26 Å². The van der Waals surface area contributed by atoms with Crippen molar-refractivity contribution in [2.24, 2.45) is 5.73 Å². The summed E-state index contributed by atoms with van der Waals surface area (Å²) in [6.45, 7) is 4.10. The van der Waals surface area contributed by atoms with Crippen LogP contribution in [0.15, 0.2) is 4.52 Å². The van der Waals surface area contributed by atoms with E-state index in [0.29, 0.717) is 18.1 Å². The number of aromatic nitrogens is 2. The molecule has 5 heteroatoms. The van der Waals surface area contributed by atoms with E-state index < -0.39 is 0 Å². The van der Waals surface area contributed by atoms with Gasteiger partial charge in [-0.2, -0.15) is 4.98 Å². The number of hydrogen-bond donors (Lipinski definition) is 1. The molecule has 0 amide bonds. The van der Waals surface area contributed by atoms with Gasteiger partial charge in [0.15, 0.2) is 5.82 Å². The molecule has 0 spiro atoms. The highest BCUT2D eigenvalue weighted by molar-refractivity contribution is 4.92. The van der Waals surface area contributed by atoms with Crippen molar-refractivity contribution in [2.45, 2.75) is 51.7 Å². The fraction of sp³-hybridized carbons (Fsp3) is 0.818. The number of methoxy groups -OCH3 is 1. The van der Waals surface area contributed by atoms with Crippen molar-refractivity contribution in [3.63, 3.8) is 0 Å². The predicted octanol–water partition coefficient (Wildman–Crippen LogP) is 1.84. The molecule has 0 aliphatic carbocycles. The van der Waals surface area contributed by atoms with Crippen LogP contribution in [0.4, 0.5) is 0 Å². The van der Waals surface area contributed by atoms with Gasteiger partial charge in [-0.25, -0.2) is 0 Å². The van der Waals surface area contributed by atoms with Gasteiger partial charge in [-0.1, -0.05) is 24.9 Å². The molecule has 0 radical (unpaired) electrons. The lowest BCUT2D eigenvalue weighted by Crippen LogP contribution is -2.12. The van der Waals surface area contributed by atoms with E-state index >= 15 is 0 Å². The van der Waals surface area contributed by atoms with Gasteiger partial charge in [-0.15, -0.1) is 0 Å². The van der Waals surface area contributed by atoms with Crippen LogP contribution in [0.25, 0.3) is 0 Å². The van der Waals surface area contributed by atoms with E-state index in [4.69, 9.17) is 15.0 Å². The topological polar surface area (TPSA) is 74.2 Å². The summed E-state index contributed by atoms with van der Waals surface area (Å²) in [7, 11) is 1.67. The summed E-state index contributed by atoms with van der Waals surface area (Å²) in [4.78, 5) is 4.27. The van der Waals surface area contributed by atoms with Gasteiger partial charge in [0.25, 0.3) is 0 Å². The third-order valence-corrected chi connectivity index (χ3v) is 2.54. The van der Waals surface area contributed by atoms with Crippen molar-refractivity contribution in [2.75, 3.05) is 7.11 Å². The van der Waals surface area contributed by atoms with Crippen molar-refractivity contribution in [1.29, 1.82) is 0 Å². The Morgan fingerprint density at radius 2 is 2.25 bits per heavy atom. The third kappa shape index (κ3) is 3.90. The van der Waals surface area contributed by atoms with Crippen LogP contribution in [0.5, 0.6) is 0 Å². The van der Waals surface area contributed by atoms with E-state index in [2.05, 4.69) is 17.1 Å². The number of ether oxygens (including phenoxy) is 1. The highest BCUT2D eigenvalue weighted by atomic mass is 16.5. The summed E-state index contributed by atoms with van der Waals surface area (Å²) in [6.07, 6.45) is 3.83. The first-order chi connectivity index (χ1) is 7.67. The number of nitrogens with two attached hydrogens (primary N) is 1.